The van der Waals surface area contributed by atoms with Crippen molar-refractivity contribution >= 4 is 37.7 Å². The van der Waals surface area contributed by atoms with Crippen molar-refractivity contribution in [3.05, 3.63) is 21.2 Å². The highest BCUT2D eigenvalue weighted by Crippen LogP contribution is 2.27. The van der Waals surface area contributed by atoms with E-state index in [1.54, 1.807) is 6.20 Å². The maximum absolute atomic E-state index is 9.43. The van der Waals surface area contributed by atoms with E-state index in [2.05, 4.69) is 42.2 Å². The van der Waals surface area contributed by atoms with Crippen LogP contribution >= 0.6 is 31.9 Å². The van der Waals surface area contributed by atoms with Crippen molar-refractivity contribution in [1.82, 2.24) is 4.98 Å². The zero-order valence-electron chi connectivity index (χ0n) is 8.79. The van der Waals surface area contributed by atoms with Gasteiger partial charge in [-0.25, -0.2) is 4.98 Å². The predicted molar refractivity (Wildman–Crippen MR) is 71.5 cm³/mol. The summed E-state index contributed by atoms with van der Waals surface area (Å²) in [4.78, 5) is 4.32. The van der Waals surface area contributed by atoms with Crippen molar-refractivity contribution < 1.29 is 5.11 Å². The van der Waals surface area contributed by atoms with Crippen LogP contribution in [0.15, 0.2) is 21.2 Å². The van der Waals surface area contributed by atoms with E-state index < -0.39 is 0 Å². The third-order valence-corrected chi connectivity index (χ3v) is 3.88. The summed E-state index contributed by atoms with van der Waals surface area (Å²) < 4.78 is 1.93. The third-order valence-electron chi connectivity index (χ3n) is 2.85. The summed E-state index contributed by atoms with van der Waals surface area (Å²) in [6, 6.07) is 2.40. The lowest BCUT2D eigenvalue weighted by Gasteiger charge is -2.26. The molecular formula is C11H14Br2N2O. The van der Waals surface area contributed by atoms with Crippen LogP contribution in [0.25, 0.3) is 0 Å². The van der Waals surface area contributed by atoms with Crippen LogP contribution in [-0.4, -0.2) is 22.2 Å². The quantitative estimate of drug-likeness (QED) is 0.860. The first kappa shape index (κ1) is 12.3. The summed E-state index contributed by atoms with van der Waals surface area (Å²) >= 11 is 6.86. The molecule has 0 spiro atoms. The molecule has 0 aliphatic heterocycles. The van der Waals surface area contributed by atoms with Crippen molar-refractivity contribution in [3.8, 4) is 0 Å². The number of aliphatic hydroxyl groups is 1. The number of anilines is 1. The molecule has 0 bridgehead atoms. The minimum Gasteiger partial charge on any atom is -0.393 e. The molecule has 1 aliphatic carbocycles. The SMILES string of the molecule is OC1CCC(Nc2ncc(Br)cc2Br)CC1. The van der Waals surface area contributed by atoms with Gasteiger partial charge in [-0.2, -0.15) is 0 Å². The molecule has 88 valence electrons. The van der Waals surface area contributed by atoms with Gasteiger partial charge in [0.05, 0.1) is 10.6 Å². The van der Waals surface area contributed by atoms with E-state index in [1.165, 1.54) is 0 Å². The average molecular weight is 350 g/mol. The number of nitrogens with zero attached hydrogens (tertiary/aromatic N) is 1. The van der Waals surface area contributed by atoms with Crippen molar-refractivity contribution in [2.75, 3.05) is 5.32 Å². The van der Waals surface area contributed by atoms with Crippen LogP contribution in [0.5, 0.6) is 0 Å². The van der Waals surface area contributed by atoms with Gasteiger partial charge in [0, 0.05) is 16.7 Å². The highest BCUT2D eigenvalue weighted by Gasteiger charge is 2.19. The Bertz CT molecular complexity index is 365. The largest absolute Gasteiger partial charge is 0.393 e. The van der Waals surface area contributed by atoms with Crippen LogP contribution in [0.3, 0.4) is 0 Å². The number of hydrogen-bond donors (Lipinski definition) is 2. The smallest absolute Gasteiger partial charge is 0.140 e. The van der Waals surface area contributed by atoms with Gasteiger partial charge in [0.25, 0.3) is 0 Å². The molecule has 0 atom stereocenters. The molecule has 0 saturated heterocycles. The maximum atomic E-state index is 9.43. The molecule has 1 aromatic heterocycles. The first-order valence-corrected chi connectivity index (χ1v) is 6.99. The Labute approximate surface area is 112 Å². The van der Waals surface area contributed by atoms with Gasteiger partial charge < -0.3 is 10.4 Å². The van der Waals surface area contributed by atoms with Crippen LogP contribution in [-0.2, 0) is 0 Å². The fraction of sp³-hybridized carbons (Fsp3) is 0.545. The van der Waals surface area contributed by atoms with Gasteiger partial charge in [0.15, 0.2) is 0 Å². The van der Waals surface area contributed by atoms with Crippen molar-refractivity contribution in [3.63, 3.8) is 0 Å². The van der Waals surface area contributed by atoms with Gasteiger partial charge in [-0.3, -0.25) is 0 Å². The van der Waals surface area contributed by atoms with Crippen molar-refractivity contribution in [2.45, 2.75) is 37.8 Å². The Hall–Kier alpha value is -0.130. The Balaban J connectivity index is 1.98. The minimum atomic E-state index is -0.112. The summed E-state index contributed by atoms with van der Waals surface area (Å²) in [7, 11) is 0. The molecule has 2 rings (SSSR count). The number of pyridine rings is 1. The lowest BCUT2D eigenvalue weighted by molar-refractivity contribution is 0.126. The standard InChI is InChI=1S/C11H14Br2N2O/c12-7-5-10(13)11(14-6-7)15-8-1-3-9(16)4-2-8/h5-6,8-9,16H,1-4H2,(H,14,15). The first-order chi connectivity index (χ1) is 7.65. The number of hydrogen-bond acceptors (Lipinski definition) is 3. The summed E-state index contributed by atoms with van der Waals surface area (Å²) in [5, 5.41) is 12.8. The second-order valence-corrected chi connectivity index (χ2v) is 5.90. The second kappa shape index (κ2) is 5.47. The van der Waals surface area contributed by atoms with Crippen LogP contribution in [0.2, 0.25) is 0 Å². The molecule has 3 nitrogen and oxygen atoms in total. The highest BCUT2D eigenvalue weighted by atomic mass is 79.9. The number of aliphatic hydroxyl groups excluding tert-OH is 1. The van der Waals surface area contributed by atoms with Crippen molar-refractivity contribution in [1.29, 1.82) is 0 Å². The Morgan fingerprint density at radius 3 is 2.56 bits per heavy atom. The van der Waals surface area contributed by atoms with E-state index in [9.17, 15) is 5.11 Å². The van der Waals surface area contributed by atoms with Crippen LogP contribution in [0.1, 0.15) is 25.7 Å². The molecule has 5 heteroatoms. The van der Waals surface area contributed by atoms with E-state index in [1.807, 2.05) is 6.07 Å². The van der Waals surface area contributed by atoms with Gasteiger partial charge in [0.2, 0.25) is 0 Å². The molecule has 16 heavy (non-hydrogen) atoms. The van der Waals surface area contributed by atoms with Crippen molar-refractivity contribution in [2.24, 2.45) is 0 Å². The fourth-order valence-electron chi connectivity index (χ4n) is 1.93. The van der Waals surface area contributed by atoms with Crippen LogP contribution in [0.4, 0.5) is 5.82 Å². The Kier molecular flexibility index (Phi) is 4.21. The van der Waals surface area contributed by atoms with Gasteiger partial charge in [-0.15, -0.1) is 0 Å². The Morgan fingerprint density at radius 2 is 1.94 bits per heavy atom. The molecule has 0 aromatic carbocycles. The molecule has 1 heterocycles. The van der Waals surface area contributed by atoms with Gasteiger partial charge in [-0.1, -0.05) is 0 Å². The lowest BCUT2D eigenvalue weighted by Crippen LogP contribution is -2.28. The first-order valence-electron chi connectivity index (χ1n) is 5.41. The molecule has 1 aromatic rings. The van der Waals surface area contributed by atoms with Gasteiger partial charge in [0.1, 0.15) is 5.82 Å². The number of aromatic nitrogens is 1. The fourth-order valence-corrected chi connectivity index (χ4v) is 3.04. The monoisotopic (exact) mass is 348 g/mol. The molecular weight excluding hydrogens is 336 g/mol. The molecule has 1 aliphatic rings. The summed E-state index contributed by atoms with van der Waals surface area (Å²) in [5.74, 6) is 0.879. The molecule has 0 radical (unpaired) electrons. The highest BCUT2D eigenvalue weighted by molar-refractivity contribution is 9.11. The molecule has 0 unspecified atom stereocenters. The topological polar surface area (TPSA) is 45.1 Å². The maximum Gasteiger partial charge on any atom is 0.140 e. The zero-order chi connectivity index (χ0) is 11.5. The molecule has 0 amide bonds. The summed E-state index contributed by atoms with van der Waals surface area (Å²) in [5.41, 5.74) is 0. The van der Waals surface area contributed by atoms with Crippen LogP contribution < -0.4 is 5.32 Å². The molecule has 2 N–H and O–H groups in total. The number of halogens is 2. The lowest BCUT2D eigenvalue weighted by atomic mass is 9.93. The molecule has 1 saturated carbocycles. The average Bonchev–Trinajstić information content (AvgIpc) is 2.25. The minimum absolute atomic E-state index is 0.112. The zero-order valence-corrected chi connectivity index (χ0v) is 12.0. The molecule has 1 fully saturated rings. The van der Waals surface area contributed by atoms with Crippen LogP contribution in [0, 0.1) is 0 Å². The van der Waals surface area contributed by atoms with Gasteiger partial charge >= 0.3 is 0 Å². The normalized spacial score (nSPS) is 25.4. The van der Waals surface area contributed by atoms with E-state index in [-0.39, 0.29) is 6.10 Å². The predicted octanol–water partition coefficient (Wildman–Crippen LogP) is 3.32. The van der Waals surface area contributed by atoms with E-state index >= 15 is 0 Å². The Morgan fingerprint density at radius 1 is 1.25 bits per heavy atom. The summed E-state index contributed by atoms with van der Waals surface area (Å²) in [6.45, 7) is 0. The third kappa shape index (κ3) is 3.18. The van der Waals surface area contributed by atoms with E-state index in [4.69, 9.17) is 0 Å². The van der Waals surface area contributed by atoms with E-state index in [0.29, 0.717) is 6.04 Å². The van der Waals surface area contributed by atoms with Gasteiger partial charge in [-0.05, 0) is 63.6 Å². The second-order valence-electron chi connectivity index (χ2n) is 4.13. The van der Waals surface area contributed by atoms with E-state index in [0.717, 1.165) is 40.4 Å². The number of rotatable bonds is 2. The summed E-state index contributed by atoms with van der Waals surface area (Å²) in [6.07, 6.45) is 5.44. The number of nitrogens with one attached hydrogen (secondary N) is 1.